The molecule has 5 heteroatoms. The molecule has 4 nitrogen and oxygen atoms in total. The van der Waals surface area contributed by atoms with Crippen LogP contribution in [0.2, 0.25) is 5.02 Å². The van der Waals surface area contributed by atoms with Crippen molar-refractivity contribution in [3.63, 3.8) is 0 Å². The van der Waals surface area contributed by atoms with E-state index in [4.69, 9.17) is 21.1 Å². The van der Waals surface area contributed by atoms with E-state index in [0.29, 0.717) is 23.9 Å². The number of benzene rings is 3. The number of halogens is 1. The molecule has 0 spiro atoms. The number of anilines is 1. The summed E-state index contributed by atoms with van der Waals surface area (Å²) < 4.78 is 11.3. The summed E-state index contributed by atoms with van der Waals surface area (Å²) >= 11 is 5.88. The van der Waals surface area contributed by atoms with Crippen LogP contribution < -0.4 is 14.8 Å². The van der Waals surface area contributed by atoms with Gasteiger partial charge in [0.25, 0.3) is 0 Å². The van der Waals surface area contributed by atoms with Crippen LogP contribution in [0.4, 0.5) is 5.69 Å². The van der Waals surface area contributed by atoms with Gasteiger partial charge in [0.15, 0.2) is 0 Å². The molecule has 3 rings (SSSR count). The highest BCUT2D eigenvalue weighted by Crippen LogP contribution is 2.18. The lowest BCUT2D eigenvalue weighted by atomic mass is 10.2. The van der Waals surface area contributed by atoms with Crippen LogP contribution >= 0.6 is 11.6 Å². The summed E-state index contributed by atoms with van der Waals surface area (Å²) in [6.07, 6.45) is 4.24. The molecule has 0 bridgehead atoms. The maximum Gasteiger partial charge on any atom is 0.248 e. The Morgan fingerprint density at radius 2 is 1.53 bits per heavy atom. The number of carbonyl (C=O) groups excluding carboxylic acids is 1. The molecular formula is C25H24ClNO3. The van der Waals surface area contributed by atoms with Crippen LogP contribution in [-0.4, -0.2) is 12.5 Å². The third-order valence-corrected chi connectivity index (χ3v) is 4.47. The van der Waals surface area contributed by atoms with Crippen molar-refractivity contribution in [2.75, 3.05) is 11.9 Å². The van der Waals surface area contributed by atoms with E-state index in [1.54, 1.807) is 6.08 Å². The zero-order valence-corrected chi connectivity index (χ0v) is 17.6. The highest BCUT2D eigenvalue weighted by Gasteiger charge is 2.01. The first kappa shape index (κ1) is 21.5. The first-order valence-corrected chi connectivity index (χ1v) is 10.2. The molecule has 30 heavy (non-hydrogen) atoms. The zero-order chi connectivity index (χ0) is 21.2. The maximum atomic E-state index is 12.2. The average Bonchev–Trinajstić information content (AvgIpc) is 2.77. The van der Waals surface area contributed by atoms with Gasteiger partial charge in [-0.05, 0) is 72.2 Å². The van der Waals surface area contributed by atoms with Crippen LogP contribution in [0.1, 0.15) is 24.5 Å². The predicted molar refractivity (Wildman–Crippen MR) is 122 cm³/mol. The Morgan fingerprint density at radius 1 is 0.900 bits per heavy atom. The summed E-state index contributed by atoms with van der Waals surface area (Å²) in [5, 5.41) is 3.54. The van der Waals surface area contributed by atoms with Gasteiger partial charge in [0.1, 0.15) is 18.1 Å². The van der Waals surface area contributed by atoms with Crippen molar-refractivity contribution in [2.45, 2.75) is 20.0 Å². The smallest absolute Gasteiger partial charge is 0.248 e. The van der Waals surface area contributed by atoms with Crippen molar-refractivity contribution in [3.05, 3.63) is 95.0 Å². The second-order valence-corrected chi connectivity index (χ2v) is 7.12. The Bertz CT molecular complexity index is 965. The number of hydrogen-bond acceptors (Lipinski definition) is 3. The van der Waals surface area contributed by atoms with Crippen molar-refractivity contribution in [1.82, 2.24) is 0 Å². The summed E-state index contributed by atoms with van der Waals surface area (Å²) in [6, 6.07) is 22.4. The van der Waals surface area contributed by atoms with Crippen LogP contribution in [0.15, 0.2) is 78.9 Å². The molecule has 3 aromatic carbocycles. The molecule has 0 aliphatic rings. The molecule has 1 N–H and O–H groups in total. The first-order valence-electron chi connectivity index (χ1n) is 9.81. The van der Waals surface area contributed by atoms with Crippen molar-refractivity contribution in [2.24, 2.45) is 0 Å². The number of ether oxygens (including phenoxy) is 2. The Morgan fingerprint density at radius 3 is 2.20 bits per heavy atom. The highest BCUT2D eigenvalue weighted by atomic mass is 35.5. The van der Waals surface area contributed by atoms with Crippen LogP contribution in [0.3, 0.4) is 0 Å². The standard InChI is InChI=1S/C25H24ClNO3/c1-2-17-29-23-12-5-19(6-13-23)7-16-25(28)27-22-10-14-24(15-11-22)30-18-20-3-8-21(26)9-4-20/h3-16H,2,17-18H2,1H3,(H,27,28)/b16-7+. The minimum Gasteiger partial charge on any atom is -0.494 e. The number of rotatable bonds is 9. The van der Waals surface area contributed by atoms with E-state index in [1.165, 1.54) is 6.08 Å². The van der Waals surface area contributed by atoms with E-state index in [1.807, 2.05) is 72.8 Å². The minimum absolute atomic E-state index is 0.198. The molecule has 0 aliphatic heterocycles. The Labute approximate surface area is 182 Å². The number of amides is 1. The molecule has 0 aliphatic carbocycles. The van der Waals surface area contributed by atoms with Gasteiger partial charge in [0, 0.05) is 16.8 Å². The zero-order valence-electron chi connectivity index (χ0n) is 16.8. The van der Waals surface area contributed by atoms with Gasteiger partial charge < -0.3 is 14.8 Å². The summed E-state index contributed by atoms with van der Waals surface area (Å²) in [7, 11) is 0. The third kappa shape index (κ3) is 6.98. The molecule has 0 saturated heterocycles. The quantitative estimate of drug-likeness (QED) is 0.409. The van der Waals surface area contributed by atoms with E-state index in [0.717, 1.165) is 29.0 Å². The molecular weight excluding hydrogens is 398 g/mol. The first-order chi connectivity index (χ1) is 14.6. The van der Waals surface area contributed by atoms with E-state index in [9.17, 15) is 4.79 Å². The van der Waals surface area contributed by atoms with Crippen LogP contribution in [0.25, 0.3) is 6.08 Å². The molecule has 0 heterocycles. The van der Waals surface area contributed by atoms with Gasteiger partial charge in [-0.25, -0.2) is 0 Å². The largest absolute Gasteiger partial charge is 0.494 e. The van der Waals surface area contributed by atoms with Crippen molar-refractivity contribution >= 4 is 29.3 Å². The van der Waals surface area contributed by atoms with Gasteiger partial charge in [0.05, 0.1) is 6.61 Å². The molecule has 0 unspecified atom stereocenters. The Balaban J connectivity index is 1.47. The predicted octanol–water partition coefficient (Wildman–Crippen LogP) is 6.36. The van der Waals surface area contributed by atoms with Gasteiger partial charge >= 0.3 is 0 Å². The van der Waals surface area contributed by atoms with Crippen molar-refractivity contribution < 1.29 is 14.3 Å². The SMILES string of the molecule is CCCOc1ccc(/C=C/C(=O)Nc2ccc(OCc3ccc(Cl)cc3)cc2)cc1. The van der Waals surface area contributed by atoms with Gasteiger partial charge in [-0.15, -0.1) is 0 Å². The lowest BCUT2D eigenvalue weighted by molar-refractivity contribution is -0.111. The molecule has 0 saturated carbocycles. The Kier molecular flexibility index (Phi) is 7.93. The highest BCUT2D eigenvalue weighted by molar-refractivity contribution is 6.30. The molecule has 0 fully saturated rings. The maximum absolute atomic E-state index is 12.2. The molecule has 0 atom stereocenters. The summed E-state index contributed by atoms with van der Waals surface area (Å²) in [4.78, 5) is 12.2. The fourth-order valence-electron chi connectivity index (χ4n) is 2.63. The summed E-state index contributed by atoms with van der Waals surface area (Å²) in [5.74, 6) is 1.36. The van der Waals surface area contributed by atoms with Gasteiger partial charge in [-0.2, -0.15) is 0 Å². The average molecular weight is 422 g/mol. The van der Waals surface area contributed by atoms with Gasteiger partial charge in [0.2, 0.25) is 5.91 Å². The molecule has 0 radical (unpaired) electrons. The molecule has 154 valence electrons. The molecule has 0 aromatic heterocycles. The molecule has 1 amide bonds. The number of carbonyl (C=O) groups is 1. The lowest BCUT2D eigenvalue weighted by Gasteiger charge is -2.08. The van der Waals surface area contributed by atoms with E-state index >= 15 is 0 Å². The van der Waals surface area contributed by atoms with E-state index < -0.39 is 0 Å². The second-order valence-electron chi connectivity index (χ2n) is 6.68. The lowest BCUT2D eigenvalue weighted by Crippen LogP contribution is -2.07. The minimum atomic E-state index is -0.198. The van der Waals surface area contributed by atoms with Gasteiger partial charge in [-0.3, -0.25) is 4.79 Å². The summed E-state index contributed by atoms with van der Waals surface area (Å²) in [6.45, 7) is 3.22. The number of hydrogen-bond donors (Lipinski definition) is 1. The van der Waals surface area contributed by atoms with Crippen molar-refractivity contribution in [3.8, 4) is 11.5 Å². The topological polar surface area (TPSA) is 47.6 Å². The second kappa shape index (κ2) is 11.1. The monoisotopic (exact) mass is 421 g/mol. The summed E-state index contributed by atoms with van der Waals surface area (Å²) in [5.41, 5.74) is 2.67. The fourth-order valence-corrected chi connectivity index (χ4v) is 2.76. The van der Waals surface area contributed by atoms with Crippen LogP contribution in [-0.2, 0) is 11.4 Å². The molecule has 3 aromatic rings. The van der Waals surface area contributed by atoms with Crippen LogP contribution in [0, 0.1) is 0 Å². The normalized spacial score (nSPS) is 10.7. The Hall–Kier alpha value is -3.24. The van der Waals surface area contributed by atoms with Gasteiger partial charge in [-0.1, -0.05) is 42.8 Å². The van der Waals surface area contributed by atoms with E-state index in [2.05, 4.69) is 12.2 Å². The fraction of sp³-hybridized carbons (Fsp3) is 0.160. The van der Waals surface area contributed by atoms with Crippen molar-refractivity contribution in [1.29, 1.82) is 0 Å². The third-order valence-electron chi connectivity index (χ3n) is 4.22. The van der Waals surface area contributed by atoms with E-state index in [-0.39, 0.29) is 5.91 Å². The number of nitrogens with one attached hydrogen (secondary N) is 1. The van der Waals surface area contributed by atoms with Crippen LogP contribution in [0.5, 0.6) is 11.5 Å².